The number of nitrogens with zero attached hydrogens (tertiary/aromatic N) is 1. The van der Waals surface area contributed by atoms with Crippen molar-refractivity contribution in [1.29, 1.82) is 0 Å². The Labute approximate surface area is 181 Å². The first kappa shape index (κ1) is 22.5. The molecule has 1 saturated heterocycles. The lowest BCUT2D eigenvalue weighted by atomic mass is 10.0. The fraction of sp³-hybridized carbons (Fsp3) is 0.478. The first-order valence-corrected chi connectivity index (χ1v) is 11.3. The molecule has 162 valence electrons. The molecule has 2 aromatic rings. The van der Waals surface area contributed by atoms with E-state index in [1.165, 1.54) is 11.3 Å². The molecule has 1 aromatic heterocycles. The van der Waals surface area contributed by atoms with Crippen LogP contribution in [0.15, 0.2) is 36.4 Å². The van der Waals surface area contributed by atoms with Crippen LogP contribution >= 0.6 is 11.3 Å². The van der Waals surface area contributed by atoms with E-state index < -0.39 is 12.1 Å². The number of thiophene rings is 1. The van der Waals surface area contributed by atoms with Crippen LogP contribution in [0.5, 0.6) is 0 Å². The summed E-state index contributed by atoms with van der Waals surface area (Å²) in [7, 11) is 0. The number of aliphatic hydroxyl groups excluding tert-OH is 1. The lowest BCUT2D eigenvalue weighted by Gasteiger charge is -2.23. The summed E-state index contributed by atoms with van der Waals surface area (Å²) in [6, 6.07) is 11.0. The number of anilines is 1. The van der Waals surface area contributed by atoms with Crippen molar-refractivity contribution in [2.45, 2.75) is 64.2 Å². The van der Waals surface area contributed by atoms with Gasteiger partial charge >= 0.3 is 5.97 Å². The number of rotatable bonds is 11. The molecule has 1 unspecified atom stereocenters. The third-order valence-electron chi connectivity index (χ3n) is 5.34. The van der Waals surface area contributed by atoms with Gasteiger partial charge in [-0.25, -0.2) is 4.79 Å². The summed E-state index contributed by atoms with van der Waals surface area (Å²) in [6.07, 6.45) is 5.39. The van der Waals surface area contributed by atoms with E-state index in [2.05, 4.69) is 6.92 Å². The first-order valence-electron chi connectivity index (χ1n) is 10.5. The highest BCUT2D eigenvalue weighted by Gasteiger charge is 2.32. The predicted octanol–water partition coefficient (Wildman–Crippen LogP) is 4.77. The first-order chi connectivity index (χ1) is 14.5. The Balaban J connectivity index is 1.56. The molecule has 30 heavy (non-hydrogen) atoms. The van der Waals surface area contributed by atoms with E-state index in [9.17, 15) is 14.7 Å². The fourth-order valence-corrected chi connectivity index (χ4v) is 4.57. The van der Waals surface area contributed by atoms with Crippen molar-refractivity contribution >= 4 is 28.9 Å². The fourth-order valence-electron chi connectivity index (χ4n) is 3.68. The Kier molecular flexibility index (Phi) is 8.01. The zero-order valence-electron chi connectivity index (χ0n) is 17.3. The molecule has 1 fully saturated rings. The third-order valence-corrected chi connectivity index (χ3v) is 6.47. The van der Waals surface area contributed by atoms with Crippen molar-refractivity contribution in [3.8, 4) is 0 Å². The summed E-state index contributed by atoms with van der Waals surface area (Å²) in [6.45, 7) is 2.20. The Bertz CT molecular complexity index is 848. The van der Waals surface area contributed by atoms with Crippen LogP contribution in [0.4, 0.5) is 5.69 Å². The van der Waals surface area contributed by atoms with E-state index in [-0.39, 0.29) is 18.7 Å². The van der Waals surface area contributed by atoms with Gasteiger partial charge in [-0.05, 0) is 55.5 Å². The van der Waals surface area contributed by atoms with E-state index >= 15 is 0 Å². The van der Waals surface area contributed by atoms with E-state index in [0.29, 0.717) is 11.3 Å². The van der Waals surface area contributed by atoms with Gasteiger partial charge in [-0.3, -0.25) is 9.69 Å². The second-order valence-electron chi connectivity index (χ2n) is 7.60. The molecule has 1 aliphatic rings. The zero-order valence-corrected chi connectivity index (χ0v) is 18.1. The summed E-state index contributed by atoms with van der Waals surface area (Å²) in [4.78, 5) is 26.4. The van der Waals surface area contributed by atoms with Crippen LogP contribution in [0.3, 0.4) is 0 Å². The van der Waals surface area contributed by atoms with Gasteiger partial charge in [-0.2, -0.15) is 0 Å². The van der Waals surface area contributed by atoms with Gasteiger partial charge in [0.05, 0.1) is 6.10 Å². The smallest absolute Gasteiger partial charge is 0.345 e. The average molecular weight is 432 g/mol. The minimum absolute atomic E-state index is 0.0637. The number of amides is 1. The van der Waals surface area contributed by atoms with Gasteiger partial charge in [0.1, 0.15) is 17.7 Å². The number of unbranched alkanes of at least 4 members (excludes halogenated alkanes) is 2. The number of carboxylic acid groups (broad SMARTS) is 1. The van der Waals surface area contributed by atoms with Crippen molar-refractivity contribution in [3.05, 3.63) is 51.7 Å². The van der Waals surface area contributed by atoms with Crippen LogP contribution in [0.1, 0.15) is 71.7 Å². The highest BCUT2D eigenvalue weighted by molar-refractivity contribution is 7.13. The molecule has 0 aliphatic carbocycles. The molecule has 0 saturated carbocycles. The van der Waals surface area contributed by atoms with Crippen LogP contribution in [0, 0.1) is 0 Å². The molecular weight excluding hydrogens is 402 g/mol. The van der Waals surface area contributed by atoms with Gasteiger partial charge in [0.15, 0.2) is 0 Å². The molecule has 1 amide bonds. The number of carbonyl (C=O) groups excluding carboxylic acids is 1. The summed E-state index contributed by atoms with van der Waals surface area (Å²) < 4.78 is 5.69. The molecule has 1 aliphatic heterocycles. The minimum atomic E-state index is -0.902. The quantitative estimate of drug-likeness (QED) is 0.500. The molecule has 7 heteroatoms. The molecule has 0 spiro atoms. The van der Waals surface area contributed by atoms with Crippen molar-refractivity contribution in [1.82, 2.24) is 0 Å². The minimum Gasteiger partial charge on any atom is -0.477 e. The monoisotopic (exact) mass is 431 g/mol. The maximum Gasteiger partial charge on any atom is 0.345 e. The van der Waals surface area contributed by atoms with Crippen LogP contribution in [-0.2, 0) is 16.0 Å². The highest BCUT2D eigenvalue weighted by atomic mass is 32.1. The topological polar surface area (TPSA) is 87.1 Å². The maximum absolute atomic E-state index is 12.4. The second-order valence-corrected chi connectivity index (χ2v) is 8.76. The van der Waals surface area contributed by atoms with Crippen molar-refractivity contribution < 1.29 is 24.5 Å². The summed E-state index contributed by atoms with van der Waals surface area (Å²) in [5, 5.41) is 19.4. The van der Waals surface area contributed by atoms with Gasteiger partial charge in [-0.1, -0.05) is 38.3 Å². The number of benzene rings is 1. The number of carbonyl (C=O) groups is 2. The number of aromatic carboxylic acids is 1. The Hall–Kier alpha value is -2.22. The normalized spacial score (nSPS) is 17.5. The third kappa shape index (κ3) is 5.68. The van der Waals surface area contributed by atoms with Gasteiger partial charge in [-0.15, -0.1) is 11.3 Å². The number of aryl methyl sites for hydroxylation is 1. The number of hydrogen-bond donors (Lipinski definition) is 2. The summed E-state index contributed by atoms with van der Waals surface area (Å²) in [5.41, 5.74) is 1.64. The van der Waals surface area contributed by atoms with E-state index in [4.69, 9.17) is 9.84 Å². The predicted molar refractivity (Wildman–Crippen MR) is 117 cm³/mol. The standard InChI is InChI=1S/C23H29NO5S/c1-2-3-4-7-19(25)16-9-11-17(12-10-16)24-21(26)15-29-22(24)8-5-6-18-13-14-20(30-18)23(27)28/h9-14,19,22,25H,2-8,15H2,1H3,(H,27,28)/t19-,22?/m0/s1. The Morgan fingerprint density at radius 1 is 1.20 bits per heavy atom. The van der Waals surface area contributed by atoms with E-state index in [0.717, 1.165) is 54.7 Å². The van der Waals surface area contributed by atoms with Gasteiger partial charge in [0.2, 0.25) is 0 Å². The number of carboxylic acids is 1. The molecule has 0 bridgehead atoms. The SMILES string of the molecule is CCCCC[C@H](O)c1ccc(N2C(=O)COC2CCCc2ccc(C(=O)O)s2)cc1. The zero-order chi connectivity index (χ0) is 21.5. The van der Waals surface area contributed by atoms with Crippen LogP contribution < -0.4 is 4.90 Å². The van der Waals surface area contributed by atoms with Crippen LogP contribution in [-0.4, -0.2) is 34.9 Å². The van der Waals surface area contributed by atoms with Gasteiger partial charge in [0, 0.05) is 10.6 Å². The lowest BCUT2D eigenvalue weighted by Crippen LogP contribution is -2.33. The van der Waals surface area contributed by atoms with Crippen molar-refractivity contribution in [2.75, 3.05) is 11.5 Å². The molecular formula is C23H29NO5S. The molecule has 2 N–H and O–H groups in total. The molecule has 3 rings (SSSR count). The lowest BCUT2D eigenvalue weighted by molar-refractivity contribution is -0.117. The second kappa shape index (κ2) is 10.7. The van der Waals surface area contributed by atoms with Crippen molar-refractivity contribution in [3.63, 3.8) is 0 Å². The number of ether oxygens (including phenoxy) is 1. The van der Waals surface area contributed by atoms with Gasteiger partial charge < -0.3 is 14.9 Å². The highest BCUT2D eigenvalue weighted by Crippen LogP contribution is 2.29. The van der Waals surface area contributed by atoms with E-state index in [1.54, 1.807) is 11.0 Å². The summed E-state index contributed by atoms with van der Waals surface area (Å²) >= 11 is 1.29. The molecule has 0 radical (unpaired) electrons. The average Bonchev–Trinajstić information content (AvgIpc) is 3.35. The molecule has 2 heterocycles. The van der Waals surface area contributed by atoms with Gasteiger partial charge in [0.25, 0.3) is 5.91 Å². The maximum atomic E-state index is 12.4. The van der Waals surface area contributed by atoms with E-state index in [1.807, 2.05) is 30.3 Å². The van der Waals surface area contributed by atoms with Crippen LogP contribution in [0.25, 0.3) is 0 Å². The number of hydrogen-bond acceptors (Lipinski definition) is 5. The molecule has 2 atom stereocenters. The summed E-state index contributed by atoms with van der Waals surface area (Å²) in [5.74, 6) is -0.971. The Morgan fingerprint density at radius 3 is 2.63 bits per heavy atom. The molecule has 1 aromatic carbocycles. The largest absolute Gasteiger partial charge is 0.477 e. The van der Waals surface area contributed by atoms with Crippen molar-refractivity contribution in [2.24, 2.45) is 0 Å². The number of aliphatic hydroxyl groups is 1. The van der Waals surface area contributed by atoms with Crippen LogP contribution in [0.2, 0.25) is 0 Å². The Morgan fingerprint density at radius 2 is 1.97 bits per heavy atom. The molecule has 6 nitrogen and oxygen atoms in total.